The largest absolute Gasteiger partial charge is 0.489 e. The third-order valence-electron chi connectivity index (χ3n) is 5.30. The van der Waals surface area contributed by atoms with Crippen molar-refractivity contribution in [1.29, 1.82) is 0 Å². The van der Waals surface area contributed by atoms with Gasteiger partial charge in [0.15, 0.2) is 0 Å². The lowest BCUT2D eigenvalue weighted by Crippen LogP contribution is -2.18. The molecule has 0 radical (unpaired) electrons. The summed E-state index contributed by atoms with van der Waals surface area (Å²) in [5.74, 6) is 0.760. The quantitative estimate of drug-likeness (QED) is 0.440. The highest BCUT2D eigenvalue weighted by Gasteiger charge is 2.19. The zero-order valence-electron chi connectivity index (χ0n) is 16.5. The van der Waals surface area contributed by atoms with Crippen LogP contribution in [0, 0.1) is 0 Å². The van der Waals surface area contributed by atoms with Crippen LogP contribution in [0.2, 0.25) is 0 Å². The van der Waals surface area contributed by atoms with E-state index < -0.39 is 0 Å². The van der Waals surface area contributed by atoms with E-state index in [9.17, 15) is 4.79 Å². The zero-order chi connectivity index (χ0) is 20.3. The van der Waals surface area contributed by atoms with Crippen LogP contribution in [0.3, 0.4) is 0 Å². The van der Waals surface area contributed by atoms with Crippen molar-refractivity contribution in [2.45, 2.75) is 32.3 Å². The predicted molar refractivity (Wildman–Crippen MR) is 121 cm³/mol. The Balaban J connectivity index is 1.38. The fourth-order valence-electron chi connectivity index (χ4n) is 3.77. The van der Waals surface area contributed by atoms with Gasteiger partial charge >= 0.3 is 0 Å². The van der Waals surface area contributed by atoms with E-state index in [4.69, 9.17) is 4.74 Å². The van der Waals surface area contributed by atoms with Crippen molar-refractivity contribution in [2.75, 3.05) is 0 Å². The normalized spacial score (nSPS) is 13.6. The highest BCUT2D eigenvalue weighted by molar-refractivity contribution is 7.18. The first-order chi connectivity index (χ1) is 14.8. The summed E-state index contributed by atoms with van der Waals surface area (Å²) in [5.41, 5.74) is 3.06. The molecule has 0 atom stereocenters. The Morgan fingerprint density at radius 3 is 2.87 bits per heavy atom. The van der Waals surface area contributed by atoms with Crippen molar-refractivity contribution in [3.63, 3.8) is 0 Å². The predicted octanol–water partition coefficient (Wildman–Crippen LogP) is 4.80. The number of fused-ring (bicyclic) bond motifs is 3. The van der Waals surface area contributed by atoms with Crippen molar-refractivity contribution in [1.82, 2.24) is 9.66 Å². The Labute approximate surface area is 178 Å². The van der Waals surface area contributed by atoms with Gasteiger partial charge in [-0.2, -0.15) is 9.78 Å². The molecule has 1 aliphatic carbocycles. The summed E-state index contributed by atoms with van der Waals surface area (Å²) < 4.78 is 7.21. The molecule has 5 nitrogen and oxygen atoms in total. The van der Waals surface area contributed by atoms with Crippen molar-refractivity contribution in [3.8, 4) is 5.75 Å². The second-order valence-electron chi connectivity index (χ2n) is 7.38. The molecule has 4 aromatic rings. The molecule has 0 unspecified atom stereocenters. The monoisotopic (exact) mass is 415 g/mol. The summed E-state index contributed by atoms with van der Waals surface area (Å²) in [6.07, 6.45) is 7.51. The van der Waals surface area contributed by atoms with Gasteiger partial charge in [-0.15, -0.1) is 11.3 Å². The maximum absolute atomic E-state index is 13.0. The topological polar surface area (TPSA) is 56.5 Å². The second kappa shape index (κ2) is 8.24. The van der Waals surface area contributed by atoms with Gasteiger partial charge in [0.2, 0.25) is 0 Å². The first-order valence-electron chi connectivity index (χ1n) is 10.1. The zero-order valence-corrected chi connectivity index (χ0v) is 17.3. The standard InChI is InChI=1S/C24H21N3O2S/c28-24-22-20-11-4-5-12-21(20)30-23(22)25-16-27(24)26-14-18-9-6-10-19(13-18)29-15-17-7-2-1-3-8-17/h1-3,6-10,13-14,16H,4-5,11-12,15H2. The minimum atomic E-state index is -0.0906. The molecule has 0 saturated heterocycles. The number of aromatic nitrogens is 2. The smallest absolute Gasteiger partial charge is 0.282 e. The van der Waals surface area contributed by atoms with Gasteiger partial charge in [-0.1, -0.05) is 42.5 Å². The first kappa shape index (κ1) is 18.8. The summed E-state index contributed by atoms with van der Waals surface area (Å²) in [6.45, 7) is 0.505. The molecule has 6 heteroatoms. The minimum absolute atomic E-state index is 0.0906. The van der Waals surface area contributed by atoms with Crippen LogP contribution in [0.1, 0.15) is 34.4 Å². The lowest BCUT2D eigenvalue weighted by Gasteiger charge is -2.09. The maximum atomic E-state index is 13.0. The lowest BCUT2D eigenvalue weighted by atomic mass is 9.97. The highest BCUT2D eigenvalue weighted by Crippen LogP contribution is 2.33. The molecule has 0 aliphatic heterocycles. The van der Waals surface area contributed by atoms with E-state index in [0.29, 0.717) is 6.61 Å². The Morgan fingerprint density at radius 1 is 1.10 bits per heavy atom. The van der Waals surface area contributed by atoms with E-state index in [1.54, 1.807) is 17.6 Å². The van der Waals surface area contributed by atoms with Gasteiger partial charge in [0.05, 0.1) is 11.6 Å². The van der Waals surface area contributed by atoms with Crippen LogP contribution >= 0.6 is 11.3 Å². The summed E-state index contributed by atoms with van der Waals surface area (Å²) in [4.78, 5) is 19.6. The van der Waals surface area contributed by atoms with E-state index >= 15 is 0 Å². The number of nitrogens with zero attached hydrogens (tertiary/aromatic N) is 3. The summed E-state index contributed by atoms with van der Waals surface area (Å²) in [5, 5.41) is 5.12. The number of benzene rings is 2. The molecule has 0 spiro atoms. The van der Waals surface area contributed by atoms with Gasteiger partial charge in [-0.3, -0.25) is 4.79 Å². The molecule has 1 aliphatic rings. The molecule has 0 saturated carbocycles. The van der Waals surface area contributed by atoms with Crippen LogP contribution in [0.4, 0.5) is 0 Å². The number of rotatable bonds is 5. The van der Waals surface area contributed by atoms with Gasteiger partial charge in [0, 0.05) is 4.88 Å². The third kappa shape index (κ3) is 3.78. The average molecular weight is 416 g/mol. The molecule has 150 valence electrons. The molecular formula is C24H21N3O2S. The number of hydrogen-bond acceptors (Lipinski definition) is 5. The van der Waals surface area contributed by atoms with E-state index in [1.165, 1.54) is 27.9 Å². The van der Waals surface area contributed by atoms with Crippen molar-refractivity contribution < 1.29 is 4.74 Å². The van der Waals surface area contributed by atoms with Crippen molar-refractivity contribution >= 4 is 27.8 Å². The van der Waals surface area contributed by atoms with Gasteiger partial charge in [0.25, 0.3) is 5.56 Å². The second-order valence-corrected chi connectivity index (χ2v) is 8.46. The van der Waals surface area contributed by atoms with E-state index in [-0.39, 0.29) is 5.56 Å². The highest BCUT2D eigenvalue weighted by atomic mass is 32.1. The van der Waals surface area contributed by atoms with Gasteiger partial charge in [-0.25, -0.2) is 4.98 Å². The Kier molecular flexibility index (Phi) is 5.15. The average Bonchev–Trinajstić information content (AvgIpc) is 3.18. The van der Waals surface area contributed by atoms with Crippen LogP contribution in [0.15, 0.2) is 70.8 Å². The van der Waals surface area contributed by atoms with Crippen LogP contribution < -0.4 is 10.3 Å². The molecule has 2 aromatic carbocycles. The Hall–Kier alpha value is -3.25. The van der Waals surface area contributed by atoms with Gasteiger partial charge < -0.3 is 4.74 Å². The van der Waals surface area contributed by atoms with E-state index in [1.807, 2.05) is 54.6 Å². The van der Waals surface area contributed by atoms with Crippen LogP contribution in [-0.2, 0) is 19.4 Å². The number of aryl methyl sites for hydroxylation is 2. The SMILES string of the molecule is O=c1c2c3c(sc2ncn1N=Cc1cccc(OCc2ccccc2)c1)CCCC3. The molecule has 0 N–H and O–H groups in total. The molecule has 2 aromatic heterocycles. The molecule has 0 amide bonds. The lowest BCUT2D eigenvalue weighted by molar-refractivity contribution is 0.306. The molecular weight excluding hydrogens is 394 g/mol. The summed E-state index contributed by atoms with van der Waals surface area (Å²) in [6, 6.07) is 17.7. The van der Waals surface area contributed by atoms with Crippen LogP contribution in [0.5, 0.6) is 5.75 Å². The maximum Gasteiger partial charge on any atom is 0.282 e. The molecule has 0 fully saturated rings. The number of hydrogen-bond donors (Lipinski definition) is 0. The molecule has 2 heterocycles. The van der Waals surface area contributed by atoms with Gasteiger partial charge in [-0.05, 0) is 54.5 Å². The Bertz CT molecular complexity index is 1270. The Morgan fingerprint density at radius 2 is 1.97 bits per heavy atom. The summed E-state index contributed by atoms with van der Waals surface area (Å²) >= 11 is 1.65. The third-order valence-corrected chi connectivity index (χ3v) is 6.50. The molecule has 5 rings (SSSR count). The van der Waals surface area contributed by atoms with Crippen LogP contribution in [0.25, 0.3) is 10.2 Å². The fourth-order valence-corrected chi connectivity index (χ4v) is 4.99. The van der Waals surface area contributed by atoms with E-state index in [2.05, 4.69) is 10.1 Å². The fraction of sp³-hybridized carbons (Fsp3) is 0.208. The van der Waals surface area contributed by atoms with Crippen molar-refractivity contribution in [3.05, 3.63) is 92.8 Å². The number of thiophene rings is 1. The van der Waals surface area contributed by atoms with Gasteiger partial charge in [0.1, 0.15) is 23.5 Å². The molecule has 30 heavy (non-hydrogen) atoms. The molecule has 0 bridgehead atoms. The van der Waals surface area contributed by atoms with Crippen molar-refractivity contribution in [2.24, 2.45) is 5.10 Å². The minimum Gasteiger partial charge on any atom is -0.489 e. The first-order valence-corrected chi connectivity index (χ1v) is 10.9. The van der Waals surface area contributed by atoms with E-state index in [0.717, 1.165) is 46.4 Å². The van der Waals surface area contributed by atoms with Crippen LogP contribution in [-0.4, -0.2) is 15.9 Å². The number of ether oxygens (including phenoxy) is 1. The summed E-state index contributed by atoms with van der Waals surface area (Å²) in [7, 11) is 0.